The first kappa shape index (κ1) is 71.3. The predicted octanol–water partition coefficient (Wildman–Crippen LogP) is 32.9. The van der Waals surface area contributed by atoms with Crippen LogP contribution in [0.1, 0.15) is 99.9 Å². The number of rotatable bonds is 8. The summed E-state index contributed by atoms with van der Waals surface area (Å²) in [5, 5.41) is 15.2. The van der Waals surface area contributed by atoms with E-state index in [9.17, 15) is 0 Å². The molecule has 20 aromatic rings. The standard InChI is InChI=1S/2C60H44/c1-59(2)53-22-11-9-17-45(53)47-31-28-41(35-55(47)59)40-29-33-51-52(34-40)58(42-30-32-48-46-18-10-12-23-54(46)60(3,4)56(48)36-42)50-20-8-7-19-49(50)57(51)39-26-24-38(25-27-39)44-21-13-15-37-14-5-6-16-43(37)44;1-59(2)53-22-11-9-18-45(53)47-29-26-42(35-55(47)59)41-27-31-51-52(34-41)58(44-28-30-48-46-19-10-12-23-54(46)60(3,4)56(48)36-44)50-21-8-7-20-49(50)57(51)43-17-13-16-39(33-43)40-25-24-37-14-5-6-15-38(37)32-40/h2*5-36H,1-4H3. The quantitative estimate of drug-likeness (QED) is 0.133. The van der Waals surface area contributed by atoms with Crippen LogP contribution in [-0.2, 0) is 21.7 Å². The van der Waals surface area contributed by atoms with E-state index in [1.807, 2.05) is 0 Å². The molecule has 0 saturated carbocycles. The summed E-state index contributed by atoms with van der Waals surface area (Å²) in [7, 11) is 0. The summed E-state index contributed by atoms with van der Waals surface area (Å²) in [6.45, 7) is 19.0. The number of benzene rings is 20. The van der Waals surface area contributed by atoms with Crippen LogP contribution in [0, 0.1) is 0 Å². The van der Waals surface area contributed by atoms with Crippen LogP contribution in [0.15, 0.2) is 388 Å². The molecule has 20 aromatic carbocycles. The Morgan fingerprint density at radius 1 is 0.125 bits per heavy atom. The molecule has 0 saturated heterocycles. The number of hydrogen-bond acceptors (Lipinski definition) is 0. The second-order valence-corrected chi connectivity index (χ2v) is 36.1. The fourth-order valence-electron chi connectivity index (χ4n) is 22.0. The average molecular weight is 1530 g/mol. The zero-order valence-electron chi connectivity index (χ0n) is 69.0. The Balaban J connectivity index is 0.000000140. The molecular formula is C120H88. The molecule has 4 aliphatic rings. The van der Waals surface area contributed by atoms with Gasteiger partial charge in [0, 0.05) is 21.7 Å². The highest BCUT2D eigenvalue weighted by atomic mass is 14.4. The molecule has 0 atom stereocenters. The van der Waals surface area contributed by atoms with Crippen molar-refractivity contribution < 1.29 is 0 Å². The number of fused-ring (bicyclic) bond motifs is 18. The van der Waals surface area contributed by atoms with E-state index in [1.165, 1.54) is 243 Å². The lowest BCUT2D eigenvalue weighted by Gasteiger charge is -2.23. The third-order valence-electron chi connectivity index (χ3n) is 28.1. The van der Waals surface area contributed by atoms with Gasteiger partial charge in [0.15, 0.2) is 0 Å². The summed E-state index contributed by atoms with van der Waals surface area (Å²) in [5.74, 6) is 0. The monoisotopic (exact) mass is 1530 g/mol. The molecule has 0 heteroatoms. The molecule has 0 heterocycles. The maximum Gasteiger partial charge on any atom is 0.0159 e. The van der Waals surface area contributed by atoms with E-state index in [0.717, 1.165) is 0 Å². The molecule has 0 N–H and O–H groups in total. The molecule has 0 radical (unpaired) electrons. The van der Waals surface area contributed by atoms with Gasteiger partial charge < -0.3 is 0 Å². The molecule has 568 valence electrons. The van der Waals surface area contributed by atoms with Crippen molar-refractivity contribution in [3.63, 3.8) is 0 Å². The Hall–Kier alpha value is -14.0. The summed E-state index contributed by atoms with van der Waals surface area (Å²) in [6.07, 6.45) is 0. The van der Waals surface area contributed by atoms with E-state index in [2.05, 4.69) is 444 Å². The van der Waals surface area contributed by atoms with Crippen LogP contribution >= 0.6 is 0 Å². The molecule has 4 aliphatic carbocycles. The van der Waals surface area contributed by atoms with E-state index < -0.39 is 0 Å². The van der Waals surface area contributed by atoms with E-state index in [4.69, 9.17) is 0 Å². The van der Waals surface area contributed by atoms with E-state index in [1.54, 1.807) is 0 Å². The van der Waals surface area contributed by atoms with E-state index >= 15 is 0 Å². The Bertz CT molecular complexity index is 7750. The summed E-state index contributed by atoms with van der Waals surface area (Å²) in [6, 6.07) is 146. The third-order valence-corrected chi connectivity index (χ3v) is 28.1. The van der Waals surface area contributed by atoms with Crippen molar-refractivity contribution in [3.8, 4) is 134 Å². The summed E-state index contributed by atoms with van der Waals surface area (Å²) >= 11 is 0. The van der Waals surface area contributed by atoms with E-state index in [0.29, 0.717) is 0 Å². The largest absolute Gasteiger partial charge is 0.0619 e. The second kappa shape index (κ2) is 26.7. The fourth-order valence-corrected chi connectivity index (χ4v) is 22.0. The lowest BCUT2D eigenvalue weighted by molar-refractivity contribution is 0.660. The minimum atomic E-state index is -0.101. The Morgan fingerprint density at radius 3 is 0.842 bits per heavy atom. The highest BCUT2D eigenvalue weighted by molar-refractivity contribution is 6.24. The molecule has 0 nitrogen and oxygen atoms in total. The van der Waals surface area contributed by atoms with Gasteiger partial charge in [0.25, 0.3) is 0 Å². The zero-order chi connectivity index (χ0) is 80.7. The maximum absolute atomic E-state index is 2.50. The first-order valence-corrected chi connectivity index (χ1v) is 42.7. The third kappa shape index (κ3) is 10.8. The van der Waals surface area contributed by atoms with Crippen molar-refractivity contribution in [1.29, 1.82) is 0 Å². The van der Waals surface area contributed by atoms with Crippen LogP contribution < -0.4 is 0 Å². The van der Waals surface area contributed by atoms with Crippen molar-refractivity contribution in [2.45, 2.75) is 77.0 Å². The van der Waals surface area contributed by atoms with Gasteiger partial charge in [0.05, 0.1) is 0 Å². The normalized spacial score (nSPS) is 14.3. The predicted molar refractivity (Wildman–Crippen MR) is 512 cm³/mol. The minimum Gasteiger partial charge on any atom is -0.0619 e. The van der Waals surface area contributed by atoms with Crippen LogP contribution in [0.25, 0.3) is 198 Å². The smallest absolute Gasteiger partial charge is 0.0159 e. The maximum atomic E-state index is 2.50. The van der Waals surface area contributed by atoms with Gasteiger partial charge in [-0.3, -0.25) is 0 Å². The first-order valence-electron chi connectivity index (χ1n) is 42.7. The number of hydrogen-bond donors (Lipinski definition) is 0. The lowest BCUT2D eigenvalue weighted by atomic mass is 9.80. The zero-order valence-corrected chi connectivity index (χ0v) is 69.0. The van der Waals surface area contributed by atoms with Crippen LogP contribution in [0.5, 0.6) is 0 Å². The molecule has 0 fully saturated rings. The Morgan fingerprint density at radius 2 is 0.383 bits per heavy atom. The van der Waals surface area contributed by atoms with Crippen molar-refractivity contribution >= 4 is 64.6 Å². The van der Waals surface area contributed by atoms with Gasteiger partial charge in [-0.1, -0.05) is 395 Å². The summed E-state index contributed by atoms with van der Waals surface area (Å²) in [5.41, 5.74) is 41.7. The summed E-state index contributed by atoms with van der Waals surface area (Å²) < 4.78 is 0. The highest BCUT2D eigenvalue weighted by Crippen LogP contribution is 2.57. The van der Waals surface area contributed by atoms with Crippen LogP contribution in [0.4, 0.5) is 0 Å². The van der Waals surface area contributed by atoms with E-state index in [-0.39, 0.29) is 21.7 Å². The summed E-state index contributed by atoms with van der Waals surface area (Å²) in [4.78, 5) is 0. The second-order valence-electron chi connectivity index (χ2n) is 36.1. The van der Waals surface area contributed by atoms with Gasteiger partial charge in [-0.05, 0) is 291 Å². The molecule has 24 rings (SSSR count). The molecule has 0 amide bonds. The van der Waals surface area contributed by atoms with Gasteiger partial charge in [0.2, 0.25) is 0 Å². The van der Waals surface area contributed by atoms with Crippen molar-refractivity contribution in [1.82, 2.24) is 0 Å². The average Bonchev–Trinajstić information content (AvgIpc) is 1.07. The van der Waals surface area contributed by atoms with Gasteiger partial charge in [-0.2, -0.15) is 0 Å². The molecule has 0 aromatic heterocycles. The van der Waals surface area contributed by atoms with Crippen molar-refractivity contribution in [2.75, 3.05) is 0 Å². The molecule has 0 unspecified atom stereocenters. The molecule has 0 bridgehead atoms. The van der Waals surface area contributed by atoms with Crippen LogP contribution in [0.2, 0.25) is 0 Å². The molecule has 120 heavy (non-hydrogen) atoms. The minimum absolute atomic E-state index is 0.0691. The van der Waals surface area contributed by atoms with Gasteiger partial charge in [0.1, 0.15) is 0 Å². The fraction of sp³-hybridized carbons (Fsp3) is 0.100. The molecular weight excluding hydrogens is 1440 g/mol. The van der Waals surface area contributed by atoms with Gasteiger partial charge >= 0.3 is 0 Å². The highest BCUT2D eigenvalue weighted by Gasteiger charge is 2.40. The van der Waals surface area contributed by atoms with Crippen LogP contribution in [-0.4, -0.2) is 0 Å². The van der Waals surface area contributed by atoms with Gasteiger partial charge in [-0.25, -0.2) is 0 Å². The molecule has 0 spiro atoms. The Labute approximate surface area is 703 Å². The Kier molecular flexibility index (Phi) is 15.9. The topological polar surface area (TPSA) is 0 Å². The SMILES string of the molecule is CC1(C)c2ccccc2-c2ccc(-c3ccc4c(-c5ccc(-c6cccc7ccccc67)cc5)c5ccccc5c(-c5ccc6c(c5)C(C)(C)c5ccccc5-6)c4c3)cc21.CC1(C)c2ccccc2-c2ccc(-c3ccc4c(-c5cccc(-c6ccc7ccccc7c6)c5)c5ccccc5c(-c5ccc6c(c5)C(C)(C)c5ccccc5-6)c4c3)cc21. The van der Waals surface area contributed by atoms with Gasteiger partial charge in [-0.15, -0.1) is 0 Å². The van der Waals surface area contributed by atoms with Crippen molar-refractivity contribution in [2.24, 2.45) is 0 Å². The molecule has 0 aliphatic heterocycles. The van der Waals surface area contributed by atoms with Crippen molar-refractivity contribution in [3.05, 3.63) is 433 Å². The first-order chi connectivity index (χ1) is 58.5. The lowest BCUT2D eigenvalue weighted by Crippen LogP contribution is -2.14. The van der Waals surface area contributed by atoms with Crippen LogP contribution in [0.3, 0.4) is 0 Å².